The fourth-order valence-electron chi connectivity index (χ4n) is 5.93. The Kier molecular flexibility index (Phi) is 7.86. The number of rotatable bonds is 7. The highest BCUT2D eigenvalue weighted by Gasteiger charge is 2.44. The average molecular weight is 614 g/mol. The Morgan fingerprint density at radius 3 is 2.53 bits per heavy atom. The Morgan fingerprint density at radius 2 is 1.84 bits per heavy atom. The number of hydrogen-bond donors (Lipinski definition) is 3. The van der Waals surface area contributed by atoms with Gasteiger partial charge in [-0.3, -0.25) is 4.79 Å². The topological polar surface area (TPSA) is 158 Å². The summed E-state index contributed by atoms with van der Waals surface area (Å²) in [5.74, 6) is 0.812. The summed E-state index contributed by atoms with van der Waals surface area (Å²) in [6, 6.07) is 15.5. The van der Waals surface area contributed by atoms with E-state index in [0.29, 0.717) is 59.7 Å². The van der Waals surface area contributed by atoms with Crippen molar-refractivity contribution in [1.29, 1.82) is 0 Å². The van der Waals surface area contributed by atoms with Gasteiger partial charge in [0.25, 0.3) is 0 Å². The number of nitrogen functional groups attached to an aromatic ring is 1. The molecule has 1 aliphatic carbocycles. The van der Waals surface area contributed by atoms with Crippen LogP contribution in [0.4, 0.5) is 16.3 Å². The molecule has 12 heteroatoms. The van der Waals surface area contributed by atoms with E-state index in [9.17, 15) is 14.7 Å². The molecule has 2 aromatic carbocycles. The van der Waals surface area contributed by atoms with Crippen molar-refractivity contribution in [2.45, 2.75) is 63.7 Å². The van der Waals surface area contributed by atoms with Crippen molar-refractivity contribution < 1.29 is 24.2 Å². The van der Waals surface area contributed by atoms with Gasteiger partial charge in [0, 0.05) is 24.6 Å². The molecule has 1 saturated carbocycles. The van der Waals surface area contributed by atoms with Crippen molar-refractivity contribution in [2.24, 2.45) is 5.92 Å². The van der Waals surface area contributed by atoms with Gasteiger partial charge < -0.3 is 30.5 Å². The van der Waals surface area contributed by atoms with Gasteiger partial charge >= 0.3 is 6.09 Å². The average Bonchev–Trinajstić information content (AvgIpc) is 3.73. The molecule has 45 heavy (non-hydrogen) atoms. The number of carbonyl (C=O) groups is 2. The summed E-state index contributed by atoms with van der Waals surface area (Å²) in [6.45, 7) is 6.34. The van der Waals surface area contributed by atoms with Crippen molar-refractivity contribution in [1.82, 2.24) is 24.6 Å². The van der Waals surface area contributed by atoms with E-state index >= 15 is 0 Å². The maximum absolute atomic E-state index is 13.1. The number of aromatic nitrogens is 4. The molecule has 6 rings (SSSR count). The summed E-state index contributed by atoms with van der Waals surface area (Å²) in [5, 5.41) is 20.0. The van der Waals surface area contributed by atoms with Crippen LogP contribution in [0.5, 0.6) is 5.75 Å². The number of piperidine rings is 1. The predicted molar refractivity (Wildman–Crippen MR) is 170 cm³/mol. The second-order valence-electron chi connectivity index (χ2n) is 12.9. The van der Waals surface area contributed by atoms with Gasteiger partial charge in [-0.25, -0.2) is 19.4 Å². The number of carbonyl (C=O) groups excluding carboxylic acids is 2. The van der Waals surface area contributed by atoms with Crippen LogP contribution in [0.15, 0.2) is 54.9 Å². The molecule has 2 fully saturated rings. The quantitative estimate of drug-likeness (QED) is 0.271. The lowest BCUT2D eigenvalue weighted by Gasteiger charge is -2.38. The number of likely N-dealkylation sites (tertiary alicyclic amines) is 1. The summed E-state index contributed by atoms with van der Waals surface area (Å²) in [5.41, 5.74) is 8.04. The van der Waals surface area contributed by atoms with Crippen LogP contribution in [0.25, 0.3) is 22.3 Å². The smallest absolute Gasteiger partial charge is 0.410 e. The zero-order chi connectivity index (χ0) is 31.9. The van der Waals surface area contributed by atoms with E-state index in [1.165, 1.54) is 11.9 Å². The minimum Gasteiger partial charge on any atom is -0.495 e. The van der Waals surface area contributed by atoms with Crippen molar-refractivity contribution in [3.63, 3.8) is 0 Å². The number of nitrogens with one attached hydrogen (secondary N) is 1. The van der Waals surface area contributed by atoms with E-state index in [1.54, 1.807) is 28.8 Å². The van der Waals surface area contributed by atoms with Gasteiger partial charge in [-0.2, -0.15) is 5.10 Å². The number of amides is 2. The summed E-state index contributed by atoms with van der Waals surface area (Å²) in [7, 11) is 1.55. The number of methoxy groups -OCH3 is 1. The molecule has 0 spiro atoms. The zero-order valence-corrected chi connectivity index (χ0v) is 26.0. The molecule has 0 unspecified atom stereocenters. The molecule has 3 heterocycles. The number of fused-ring (bicyclic) bond motifs is 1. The van der Waals surface area contributed by atoms with Crippen LogP contribution in [0.2, 0.25) is 0 Å². The second-order valence-corrected chi connectivity index (χ2v) is 12.9. The summed E-state index contributed by atoms with van der Waals surface area (Å²) >= 11 is 0. The molecule has 0 radical (unpaired) electrons. The number of benzene rings is 2. The number of nitrogens with two attached hydrogens (primary N) is 1. The van der Waals surface area contributed by atoms with E-state index in [0.717, 1.165) is 6.42 Å². The fraction of sp³-hybridized carbons (Fsp3) is 0.424. The van der Waals surface area contributed by atoms with E-state index in [1.807, 2.05) is 45.0 Å². The van der Waals surface area contributed by atoms with Crippen molar-refractivity contribution in [2.75, 3.05) is 31.2 Å². The normalized spacial score (nSPS) is 19.3. The van der Waals surface area contributed by atoms with Gasteiger partial charge in [0.1, 0.15) is 29.2 Å². The number of nitrogens with zero attached hydrogens (tertiary/aromatic N) is 5. The first-order valence-electron chi connectivity index (χ1n) is 15.2. The summed E-state index contributed by atoms with van der Waals surface area (Å²) in [4.78, 5) is 35.9. The molecule has 12 nitrogen and oxygen atoms in total. The molecule has 236 valence electrons. The molecule has 2 aliphatic rings. The first-order chi connectivity index (χ1) is 21.4. The Hall–Kier alpha value is -4.71. The van der Waals surface area contributed by atoms with E-state index in [2.05, 4.69) is 27.4 Å². The van der Waals surface area contributed by atoms with Crippen LogP contribution in [0.1, 0.15) is 51.5 Å². The van der Waals surface area contributed by atoms with Crippen LogP contribution in [0, 0.1) is 5.92 Å². The molecule has 2 amide bonds. The Balaban J connectivity index is 1.21. The van der Waals surface area contributed by atoms with Crippen LogP contribution >= 0.6 is 0 Å². The van der Waals surface area contributed by atoms with Crippen molar-refractivity contribution in [3.8, 4) is 17.0 Å². The molecular formula is C33H39N7O5. The van der Waals surface area contributed by atoms with E-state index in [-0.39, 0.29) is 30.1 Å². The summed E-state index contributed by atoms with van der Waals surface area (Å²) < 4.78 is 12.8. The third-order valence-electron chi connectivity index (χ3n) is 8.44. The van der Waals surface area contributed by atoms with Crippen LogP contribution in [-0.4, -0.2) is 73.2 Å². The molecule has 2 atom stereocenters. The van der Waals surface area contributed by atoms with Gasteiger partial charge in [-0.15, -0.1) is 0 Å². The number of hydrogen-bond acceptors (Lipinski definition) is 9. The number of ether oxygens (including phenoxy) is 2. The minimum atomic E-state index is -1.12. The standard InChI is InChI=1S/C33H39N7O5/c1-32(2,3)45-31(42)39-14-12-33(43,13-15-39)18-40-29-26(28(34)35-19-36-29)27(38-40)21-10-11-24(25(16-21)44-4)37-30(41)23-17-22(23)20-8-6-5-7-9-20/h5-11,16,19,22-23,43H,12-15,17-18H2,1-4H3,(H,37,41)(H2,34,35,36)/t22-,23+/m0/s1. The highest BCUT2D eigenvalue weighted by atomic mass is 16.6. The molecule has 1 saturated heterocycles. The molecule has 4 aromatic rings. The Labute approximate surface area is 261 Å². The molecular weight excluding hydrogens is 574 g/mol. The molecule has 2 aromatic heterocycles. The van der Waals surface area contributed by atoms with Gasteiger partial charge in [0.15, 0.2) is 5.65 Å². The van der Waals surface area contributed by atoms with Crippen LogP contribution in [-0.2, 0) is 16.1 Å². The second kappa shape index (κ2) is 11.7. The first-order valence-corrected chi connectivity index (χ1v) is 15.2. The van der Waals surface area contributed by atoms with Gasteiger partial charge in [-0.05, 0) is 63.6 Å². The number of anilines is 2. The van der Waals surface area contributed by atoms with Gasteiger partial charge in [-0.1, -0.05) is 36.4 Å². The number of aliphatic hydroxyl groups is 1. The highest BCUT2D eigenvalue weighted by Crippen LogP contribution is 2.48. The lowest BCUT2D eigenvalue weighted by Crippen LogP contribution is -2.49. The van der Waals surface area contributed by atoms with Gasteiger partial charge in [0.05, 0.1) is 30.3 Å². The van der Waals surface area contributed by atoms with E-state index in [4.69, 9.17) is 20.3 Å². The minimum absolute atomic E-state index is 0.0479. The zero-order valence-electron chi connectivity index (χ0n) is 26.0. The Bertz CT molecular complexity index is 1720. The van der Waals surface area contributed by atoms with E-state index < -0.39 is 17.3 Å². The maximum atomic E-state index is 13.1. The monoisotopic (exact) mass is 613 g/mol. The fourth-order valence-corrected chi connectivity index (χ4v) is 5.93. The van der Waals surface area contributed by atoms with Gasteiger partial charge in [0.2, 0.25) is 5.91 Å². The third-order valence-corrected chi connectivity index (χ3v) is 8.44. The molecule has 1 aliphatic heterocycles. The highest BCUT2D eigenvalue weighted by molar-refractivity contribution is 6.00. The maximum Gasteiger partial charge on any atom is 0.410 e. The SMILES string of the molecule is COc1cc(-c2nn(CC3(O)CCN(C(=O)OC(C)(C)C)CC3)c3ncnc(N)c23)ccc1NC(=O)[C@@H]1C[C@H]1c1ccccc1. The van der Waals surface area contributed by atoms with Crippen LogP contribution in [0.3, 0.4) is 0 Å². The first kappa shape index (κ1) is 30.3. The summed E-state index contributed by atoms with van der Waals surface area (Å²) in [6.07, 6.45) is 2.48. The largest absolute Gasteiger partial charge is 0.495 e. The third kappa shape index (κ3) is 6.41. The lowest BCUT2D eigenvalue weighted by molar-refractivity contribution is -0.117. The van der Waals surface area contributed by atoms with Crippen LogP contribution < -0.4 is 15.8 Å². The Morgan fingerprint density at radius 1 is 1.11 bits per heavy atom. The molecule has 4 N–H and O–H groups in total. The lowest BCUT2D eigenvalue weighted by atomic mass is 9.91. The van der Waals surface area contributed by atoms with Crippen molar-refractivity contribution in [3.05, 3.63) is 60.4 Å². The van der Waals surface area contributed by atoms with Crippen molar-refractivity contribution >= 4 is 34.5 Å². The predicted octanol–water partition coefficient (Wildman–Crippen LogP) is 4.59. The molecule has 0 bridgehead atoms.